The Labute approximate surface area is 139 Å². The first-order valence-corrected chi connectivity index (χ1v) is 7.42. The number of benzene rings is 1. The van der Waals surface area contributed by atoms with Crippen molar-refractivity contribution in [1.29, 1.82) is 0 Å². The molecule has 130 valence electrons. The van der Waals surface area contributed by atoms with E-state index in [2.05, 4.69) is 13.2 Å². The molecule has 0 spiro atoms. The molecule has 1 rings (SSSR count). The lowest BCUT2D eigenvalue weighted by atomic mass is 10.1. The van der Waals surface area contributed by atoms with Crippen molar-refractivity contribution < 1.29 is 19.4 Å². The van der Waals surface area contributed by atoms with Crippen molar-refractivity contribution in [1.82, 2.24) is 0 Å². The molecule has 3 N–H and O–H groups in total. The average Bonchev–Trinajstić information content (AvgIpc) is 2.47. The van der Waals surface area contributed by atoms with E-state index in [0.29, 0.717) is 19.4 Å². The first-order valence-electron chi connectivity index (χ1n) is 7.42. The SMILES string of the molecule is C=C.CC(C)(C)OC(=O)Cc1ccccc1.NCCCC(=O)O. The minimum atomic E-state index is -0.773. The number of hydrogen-bond acceptors (Lipinski definition) is 4. The molecule has 0 saturated carbocycles. The Morgan fingerprint density at radius 3 is 2.04 bits per heavy atom. The predicted octanol–water partition coefficient (Wildman–Crippen LogP) is 3.18. The number of nitrogens with two attached hydrogens (primary N) is 1. The maximum atomic E-state index is 11.4. The third-order valence-corrected chi connectivity index (χ3v) is 2.21. The van der Waals surface area contributed by atoms with E-state index in [1.807, 2.05) is 51.1 Å². The molecule has 0 bridgehead atoms. The summed E-state index contributed by atoms with van der Waals surface area (Å²) < 4.78 is 5.20. The highest BCUT2D eigenvalue weighted by molar-refractivity contribution is 5.72. The molecule has 0 saturated heterocycles. The van der Waals surface area contributed by atoms with Crippen molar-refractivity contribution >= 4 is 11.9 Å². The second-order valence-corrected chi connectivity index (χ2v) is 5.53. The Morgan fingerprint density at radius 1 is 1.17 bits per heavy atom. The first kappa shape index (κ1) is 23.1. The van der Waals surface area contributed by atoms with Gasteiger partial charge in [0.05, 0.1) is 6.42 Å². The topological polar surface area (TPSA) is 89.6 Å². The van der Waals surface area contributed by atoms with Gasteiger partial charge in [0, 0.05) is 6.42 Å². The lowest BCUT2D eigenvalue weighted by Gasteiger charge is -2.19. The van der Waals surface area contributed by atoms with Crippen molar-refractivity contribution in [3.05, 3.63) is 49.1 Å². The fraction of sp³-hybridized carbons (Fsp3) is 0.444. The van der Waals surface area contributed by atoms with Gasteiger partial charge >= 0.3 is 11.9 Å². The number of carbonyl (C=O) groups is 2. The van der Waals surface area contributed by atoms with Crippen LogP contribution in [0.4, 0.5) is 0 Å². The van der Waals surface area contributed by atoms with Crippen molar-refractivity contribution in [2.45, 2.75) is 45.6 Å². The highest BCUT2D eigenvalue weighted by Gasteiger charge is 2.15. The normalized spacial score (nSPS) is 9.57. The molecular weight excluding hydrogens is 294 g/mol. The lowest BCUT2D eigenvalue weighted by molar-refractivity contribution is -0.154. The number of carbonyl (C=O) groups excluding carboxylic acids is 1. The highest BCUT2D eigenvalue weighted by Crippen LogP contribution is 2.09. The summed E-state index contributed by atoms with van der Waals surface area (Å²) in [6, 6.07) is 9.60. The summed E-state index contributed by atoms with van der Waals surface area (Å²) in [6.07, 6.45) is 1.12. The largest absolute Gasteiger partial charge is 0.481 e. The van der Waals surface area contributed by atoms with Gasteiger partial charge in [0.1, 0.15) is 5.60 Å². The zero-order valence-electron chi connectivity index (χ0n) is 14.4. The van der Waals surface area contributed by atoms with E-state index >= 15 is 0 Å². The summed E-state index contributed by atoms with van der Waals surface area (Å²) >= 11 is 0. The van der Waals surface area contributed by atoms with Crippen LogP contribution in [0.15, 0.2) is 43.5 Å². The third-order valence-electron chi connectivity index (χ3n) is 2.21. The zero-order valence-corrected chi connectivity index (χ0v) is 14.4. The quantitative estimate of drug-likeness (QED) is 0.641. The van der Waals surface area contributed by atoms with E-state index in [9.17, 15) is 9.59 Å². The molecule has 0 aliphatic carbocycles. The molecule has 0 amide bonds. The summed E-state index contributed by atoms with van der Waals surface area (Å²) in [5, 5.41) is 7.99. The van der Waals surface area contributed by atoms with Crippen LogP contribution in [-0.4, -0.2) is 29.2 Å². The van der Waals surface area contributed by atoms with E-state index in [1.54, 1.807) is 0 Å². The monoisotopic (exact) mass is 323 g/mol. The molecule has 0 aliphatic rings. The standard InChI is InChI=1S/C12H16O2.C4H9NO2.C2H4/c1-12(2,3)14-11(13)9-10-7-5-4-6-8-10;5-3-1-2-4(6)7;1-2/h4-8H,9H2,1-3H3;1-3,5H2,(H,6,7);1-2H2. The molecule has 0 atom stereocenters. The molecule has 0 fully saturated rings. The van der Waals surface area contributed by atoms with Gasteiger partial charge in [-0.1, -0.05) is 30.3 Å². The predicted molar refractivity (Wildman–Crippen MR) is 93.2 cm³/mol. The Bertz CT molecular complexity index is 438. The van der Waals surface area contributed by atoms with Gasteiger partial charge in [-0.2, -0.15) is 0 Å². The van der Waals surface area contributed by atoms with Gasteiger partial charge in [-0.15, -0.1) is 13.2 Å². The Balaban J connectivity index is 0. The van der Waals surface area contributed by atoms with Crippen LogP contribution in [0.3, 0.4) is 0 Å². The minimum absolute atomic E-state index is 0.177. The summed E-state index contributed by atoms with van der Waals surface area (Å²) in [5.74, 6) is -0.950. The van der Waals surface area contributed by atoms with Crippen molar-refractivity contribution in [3.63, 3.8) is 0 Å². The molecule has 5 nitrogen and oxygen atoms in total. The molecule has 0 aromatic heterocycles. The van der Waals surface area contributed by atoms with E-state index in [-0.39, 0.29) is 12.4 Å². The minimum Gasteiger partial charge on any atom is -0.481 e. The summed E-state index contributed by atoms with van der Waals surface area (Å²) in [5.41, 5.74) is 5.60. The summed E-state index contributed by atoms with van der Waals surface area (Å²) in [4.78, 5) is 21.1. The van der Waals surface area contributed by atoms with Gasteiger partial charge in [0.15, 0.2) is 0 Å². The smallest absolute Gasteiger partial charge is 0.310 e. The molecule has 0 heterocycles. The second kappa shape index (κ2) is 13.5. The number of rotatable bonds is 5. The maximum absolute atomic E-state index is 11.4. The van der Waals surface area contributed by atoms with Crippen molar-refractivity contribution in [3.8, 4) is 0 Å². The van der Waals surface area contributed by atoms with E-state index in [0.717, 1.165) is 5.56 Å². The second-order valence-electron chi connectivity index (χ2n) is 5.53. The highest BCUT2D eigenvalue weighted by atomic mass is 16.6. The van der Waals surface area contributed by atoms with Crippen LogP contribution < -0.4 is 5.73 Å². The van der Waals surface area contributed by atoms with Crippen LogP contribution in [0.25, 0.3) is 0 Å². The first-order chi connectivity index (χ1) is 10.7. The van der Waals surface area contributed by atoms with Crippen LogP contribution in [0, 0.1) is 0 Å². The van der Waals surface area contributed by atoms with Gasteiger partial charge in [0.25, 0.3) is 0 Å². The zero-order chi connectivity index (χ0) is 18.3. The van der Waals surface area contributed by atoms with Crippen LogP contribution >= 0.6 is 0 Å². The maximum Gasteiger partial charge on any atom is 0.310 e. The molecule has 0 radical (unpaired) electrons. The molecule has 5 heteroatoms. The Morgan fingerprint density at radius 2 is 1.70 bits per heavy atom. The third kappa shape index (κ3) is 17.8. The van der Waals surface area contributed by atoms with E-state index < -0.39 is 11.6 Å². The number of ether oxygens (including phenoxy) is 1. The van der Waals surface area contributed by atoms with Gasteiger partial charge in [0.2, 0.25) is 0 Å². The van der Waals surface area contributed by atoms with Gasteiger partial charge < -0.3 is 15.6 Å². The molecule has 0 aliphatic heterocycles. The van der Waals surface area contributed by atoms with Gasteiger partial charge in [-0.05, 0) is 39.3 Å². The molecule has 1 aromatic rings. The van der Waals surface area contributed by atoms with Crippen molar-refractivity contribution in [2.24, 2.45) is 5.73 Å². The van der Waals surface area contributed by atoms with E-state index in [1.165, 1.54) is 0 Å². The molecule has 0 unspecified atom stereocenters. The fourth-order valence-electron chi connectivity index (χ4n) is 1.39. The van der Waals surface area contributed by atoms with Gasteiger partial charge in [-0.25, -0.2) is 0 Å². The summed E-state index contributed by atoms with van der Waals surface area (Å²) in [6.45, 7) is 12.1. The van der Waals surface area contributed by atoms with Gasteiger partial charge in [-0.3, -0.25) is 9.59 Å². The fourth-order valence-corrected chi connectivity index (χ4v) is 1.39. The van der Waals surface area contributed by atoms with Crippen LogP contribution in [0.1, 0.15) is 39.2 Å². The number of hydrogen-bond donors (Lipinski definition) is 2. The average molecular weight is 323 g/mol. The Kier molecular flexibility index (Phi) is 13.6. The van der Waals surface area contributed by atoms with E-state index in [4.69, 9.17) is 15.6 Å². The number of carboxylic acids is 1. The number of esters is 1. The van der Waals surface area contributed by atoms with Crippen LogP contribution in [-0.2, 0) is 20.7 Å². The molecular formula is C18H29NO4. The summed E-state index contributed by atoms with van der Waals surface area (Å²) in [7, 11) is 0. The van der Waals surface area contributed by atoms with Crippen molar-refractivity contribution in [2.75, 3.05) is 6.54 Å². The molecule has 1 aromatic carbocycles. The molecule has 23 heavy (non-hydrogen) atoms. The number of aliphatic carboxylic acids is 1. The van der Waals surface area contributed by atoms with Crippen LogP contribution in [0.5, 0.6) is 0 Å². The van der Waals surface area contributed by atoms with Crippen LogP contribution in [0.2, 0.25) is 0 Å². The lowest BCUT2D eigenvalue weighted by Crippen LogP contribution is -2.24. The Hall–Kier alpha value is -2.14. The number of carboxylic acid groups (broad SMARTS) is 1.